The number of hydrogen-bond donors (Lipinski definition) is 0. The van der Waals surface area contributed by atoms with E-state index in [9.17, 15) is 4.79 Å². The van der Waals surface area contributed by atoms with E-state index in [1.54, 1.807) is 12.0 Å². The number of carbonyl (C=O) groups is 1. The number of aromatic nitrogens is 1. The highest BCUT2D eigenvalue weighted by atomic mass is 16.6. The van der Waals surface area contributed by atoms with Crippen molar-refractivity contribution in [1.29, 1.82) is 0 Å². The van der Waals surface area contributed by atoms with Crippen molar-refractivity contribution in [1.82, 2.24) is 9.88 Å². The molecule has 0 spiro atoms. The first kappa shape index (κ1) is 15.4. The third-order valence-corrected chi connectivity index (χ3v) is 4.38. The Bertz CT molecular complexity index is 925. The summed E-state index contributed by atoms with van der Waals surface area (Å²) in [6.07, 6.45) is 0.448. The minimum atomic E-state index is -0.344. The SMILES string of the molecule is COc1ccc2nc3c(cc2c1)CN(CCc1ccccc1)C(=O)O3. The Morgan fingerprint density at radius 2 is 2.00 bits per heavy atom. The van der Waals surface area contributed by atoms with Crippen LogP contribution in [0.15, 0.2) is 54.6 Å². The first-order chi connectivity index (χ1) is 12.2. The average Bonchev–Trinajstić information content (AvgIpc) is 2.65. The van der Waals surface area contributed by atoms with Gasteiger partial charge in [0.15, 0.2) is 0 Å². The van der Waals surface area contributed by atoms with Crippen LogP contribution in [0, 0.1) is 0 Å². The lowest BCUT2D eigenvalue weighted by molar-refractivity contribution is 0.137. The standard InChI is InChI=1S/C20H18N2O3/c1-24-17-7-8-18-15(12-17)11-16-13-22(20(23)25-19(16)21-18)10-9-14-5-3-2-4-6-14/h2-8,11-12H,9-10,13H2,1H3. The molecule has 0 saturated carbocycles. The molecule has 1 aromatic heterocycles. The van der Waals surface area contributed by atoms with Gasteiger partial charge >= 0.3 is 6.09 Å². The third-order valence-electron chi connectivity index (χ3n) is 4.38. The van der Waals surface area contributed by atoms with Crippen LogP contribution in [0.1, 0.15) is 11.1 Å². The normalized spacial score (nSPS) is 13.5. The number of methoxy groups -OCH3 is 1. The molecular weight excluding hydrogens is 316 g/mol. The van der Waals surface area contributed by atoms with Gasteiger partial charge in [0.2, 0.25) is 5.88 Å². The maximum Gasteiger partial charge on any atom is 0.416 e. The van der Waals surface area contributed by atoms with Crippen molar-refractivity contribution >= 4 is 17.0 Å². The number of ether oxygens (including phenoxy) is 2. The molecule has 3 aromatic rings. The second kappa shape index (κ2) is 6.43. The van der Waals surface area contributed by atoms with Crippen molar-refractivity contribution in [3.8, 4) is 11.6 Å². The molecule has 0 aliphatic carbocycles. The van der Waals surface area contributed by atoms with Gasteiger partial charge in [-0.3, -0.25) is 0 Å². The van der Waals surface area contributed by atoms with E-state index in [-0.39, 0.29) is 6.09 Å². The van der Waals surface area contributed by atoms with Gasteiger partial charge in [-0.1, -0.05) is 30.3 Å². The molecule has 2 heterocycles. The number of nitrogens with zero attached hydrogens (tertiary/aromatic N) is 2. The van der Waals surface area contributed by atoms with Crippen LogP contribution in [0.3, 0.4) is 0 Å². The van der Waals surface area contributed by atoms with Gasteiger partial charge in [-0.15, -0.1) is 0 Å². The van der Waals surface area contributed by atoms with Crippen molar-refractivity contribution in [2.24, 2.45) is 0 Å². The zero-order chi connectivity index (χ0) is 17.2. The summed E-state index contributed by atoms with van der Waals surface area (Å²) in [6, 6.07) is 17.8. The topological polar surface area (TPSA) is 51.7 Å². The Morgan fingerprint density at radius 3 is 2.80 bits per heavy atom. The number of pyridine rings is 1. The molecule has 5 nitrogen and oxygen atoms in total. The minimum absolute atomic E-state index is 0.344. The molecule has 1 aliphatic rings. The predicted molar refractivity (Wildman–Crippen MR) is 94.9 cm³/mol. The van der Waals surface area contributed by atoms with E-state index in [0.717, 1.165) is 28.6 Å². The van der Waals surface area contributed by atoms with Gasteiger partial charge in [0.25, 0.3) is 0 Å². The van der Waals surface area contributed by atoms with E-state index < -0.39 is 0 Å². The minimum Gasteiger partial charge on any atom is -0.497 e. The molecule has 0 bridgehead atoms. The molecule has 25 heavy (non-hydrogen) atoms. The van der Waals surface area contributed by atoms with Gasteiger partial charge in [0.05, 0.1) is 19.2 Å². The molecule has 0 N–H and O–H groups in total. The summed E-state index contributed by atoms with van der Waals surface area (Å²) in [5.74, 6) is 1.18. The summed E-state index contributed by atoms with van der Waals surface area (Å²) in [6.45, 7) is 1.11. The highest BCUT2D eigenvalue weighted by Crippen LogP contribution is 2.29. The summed E-state index contributed by atoms with van der Waals surface area (Å²) < 4.78 is 10.7. The Morgan fingerprint density at radius 1 is 1.16 bits per heavy atom. The second-order valence-corrected chi connectivity index (χ2v) is 6.04. The molecule has 5 heteroatoms. The van der Waals surface area contributed by atoms with E-state index in [1.807, 2.05) is 42.5 Å². The molecule has 2 aromatic carbocycles. The first-order valence-electron chi connectivity index (χ1n) is 8.21. The van der Waals surface area contributed by atoms with Crippen LogP contribution in [-0.4, -0.2) is 29.6 Å². The second-order valence-electron chi connectivity index (χ2n) is 6.04. The number of fused-ring (bicyclic) bond motifs is 2. The zero-order valence-electron chi connectivity index (χ0n) is 13.9. The van der Waals surface area contributed by atoms with Crippen LogP contribution in [0.5, 0.6) is 11.6 Å². The Kier molecular flexibility index (Phi) is 3.98. The van der Waals surface area contributed by atoms with E-state index in [1.165, 1.54) is 5.56 Å². The monoisotopic (exact) mass is 334 g/mol. The number of hydrogen-bond acceptors (Lipinski definition) is 4. The van der Waals surface area contributed by atoms with Crippen molar-refractivity contribution < 1.29 is 14.3 Å². The molecule has 1 aliphatic heterocycles. The highest BCUT2D eigenvalue weighted by molar-refractivity contribution is 5.83. The Balaban J connectivity index is 1.57. The van der Waals surface area contributed by atoms with Gasteiger partial charge in [-0.2, -0.15) is 0 Å². The van der Waals surface area contributed by atoms with Gasteiger partial charge < -0.3 is 14.4 Å². The van der Waals surface area contributed by atoms with Crippen LogP contribution in [0.4, 0.5) is 4.79 Å². The lowest BCUT2D eigenvalue weighted by Gasteiger charge is -2.27. The van der Waals surface area contributed by atoms with Crippen molar-refractivity contribution in [2.45, 2.75) is 13.0 Å². The Hall–Kier alpha value is -3.08. The molecule has 1 amide bonds. The molecule has 0 fully saturated rings. The van der Waals surface area contributed by atoms with E-state index >= 15 is 0 Å². The van der Waals surface area contributed by atoms with E-state index in [2.05, 4.69) is 17.1 Å². The lowest BCUT2D eigenvalue weighted by Crippen LogP contribution is -2.38. The van der Waals surface area contributed by atoms with Gasteiger partial charge in [-0.25, -0.2) is 9.78 Å². The number of carbonyl (C=O) groups excluding carboxylic acids is 1. The van der Waals surface area contributed by atoms with Crippen molar-refractivity contribution in [2.75, 3.05) is 13.7 Å². The zero-order valence-corrected chi connectivity index (χ0v) is 13.9. The van der Waals surface area contributed by atoms with Gasteiger partial charge in [-0.05, 0) is 36.2 Å². The summed E-state index contributed by atoms with van der Waals surface area (Å²) in [4.78, 5) is 18.4. The molecule has 0 radical (unpaired) electrons. The maximum atomic E-state index is 12.3. The fourth-order valence-corrected chi connectivity index (χ4v) is 3.01. The maximum absolute atomic E-state index is 12.3. The summed E-state index contributed by atoms with van der Waals surface area (Å²) in [5, 5.41) is 0.971. The fraction of sp³-hybridized carbons (Fsp3) is 0.200. The third kappa shape index (κ3) is 3.13. The van der Waals surface area contributed by atoms with Crippen LogP contribution in [0.25, 0.3) is 10.9 Å². The lowest BCUT2D eigenvalue weighted by atomic mass is 10.1. The molecule has 0 unspecified atom stereocenters. The number of rotatable bonds is 4. The van der Waals surface area contributed by atoms with Crippen LogP contribution >= 0.6 is 0 Å². The average molecular weight is 334 g/mol. The largest absolute Gasteiger partial charge is 0.497 e. The van der Waals surface area contributed by atoms with Gasteiger partial charge in [0, 0.05) is 17.5 Å². The highest BCUT2D eigenvalue weighted by Gasteiger charge is 2.26. The first-order valence-corrected chi connectivity index (χ1v) is 8.21. The van der Waals surface area contributed by atoms with Crippen molar-refractivity contribution in [3.63, 3.8) is 0 Å². The summed E-state index contributed by atoms with van der Waals surface area (Å²) in [7, 11) is 1.64. The van der Waals surface area contributed by atoms with E-state index in [0.29, 0.717) is 19.0 Å². The summed E-state index contributed by atoms with van der Waals surface area (Å²) >= 11 is 0. The number of benzene rings is 2. The fourth-order valence-electron chi connectivity index (χ4n) is 3.01. The summed E-state index contributed by atoms with van der Waals surface area (Å²) in [5.41, 5.74) is 2.89. The van der Waals surface area contributed by atoms with E-state index in [4.69, 9.17) is 9.47 Å². The quantitative estimate of drug-likeness (QED) is 0.728. The van der Waals surface area contributed by atoms with Crippen LogP contribution in [0.2, 0.25) is 0 Å². The molecular formula is C20H18N2O3. The Labute approximate surface area is 145 Å². The molecule has 0 saturated heterocycles. The number of amides is 1. The van der Waals surface area contributed by atoms with Crippen LogP contribution in [-0.2, 0) is 13.0 Å². The molecule has 0 atom stereocenters. The predicted octanol–water partition coefficient (Wildman–Crippen LogP) is 3.80. The molecule has 4 rings (SSSR count). The van der Waals surface area contributed by atoms with Crippen LogP contribution < -0.4 is 9.47 Å². The smallest absolute Gasteiger partial charge is 0.416 e. The van der Waals surface area contributed by atoms with Crippen molar-refractivity contribution in [3.05, 3.63) is 65.7 Å². The van der Waals surface area contributed by atoms with Gasteiger partial charge in [0.1, 0.15) is 5.75 Å². The molecule has 126 valence electrons.